The van der Waals surface area contributed by atoms with Gasteiger partial charge in [-0.2, -0.15) is 0 Å². The standard InChI is InChI=1S/C22H33FN4O/c1-2-24-21(27-13-10-22(16-27)8-3-9-22)25-15-17-4-5-20(19(23)14-17)26-11-6-18(28)7-12-26/h4-5,14,18,28H,2-3,6-13,15-16H2,1H3,(H,24,25). The summed E-state index contributed by atoms with van der Waals surface area (Å²) in [5, 5.41) is 13.1. The zero-order valence-electron chi connectivity index (χ0n) is 17.0. The molecule has 4 rings (SSSR count). The Kier molecular flexibility index (Phi) is 5.76. The van der Waals surface area contributed by atoms with E-state index in [1.165, 1.54) is 25.7 Å². The molecule has 0 radical (unpaired) electrons. The molecule has 1 saturated carbocycles. The highest BCUT2D eigenvalue weighted by Crippen LogP contribution is 2.47. The summed E-state index contributed by atoms with van der Waals surface area (Å²) in [6.07, 6.45) is 6.49. The van der Waals surface area contributed by atoms with E-state index in [-0.39, 0.29) is 11.9 Å². The van der Waals surface area contributed by atoms with Gasteiger partial charge in [-0.3, -0.25) is 0 Å². The van der Waals surface area contributed by atoms with E-state index in [9.17, 15) is 9.50 Å². The van der Waals surface area contributed by atoms with Crippen LogP contribution in [-0.4, -0.2) is 54.8 Å². The molecule has 0 unspecified atom stereocenters. The summed E-state index contributed by atoms with van der Waals surface area (Å²) in [6, 6.07) is 5.46. The molecule has 1 aromatic carbocycles. The molecule has 3 fully saturated rings. The molecular formula is C22H33FN4O. The van der Waals surface area contributed by atoms with Crippen LogP contribution < -0.4 is 10.2 Å². The van der Waals surface area contributed by atoms with Crippen LogP contribution in [0.1, 0.15) is 51.0 Å². The maximum atomic E-state index is 14.7. The summed E-state index contributed by atoms with van der Waals surface area (Å²) in [5.74, 6) is 0.768. The number of anilines is 1. The van der Waals surface area contributed by atoms with Gasteiger partial charge in [0.1, 0.15) is 5.82 Å². The maximum Gasteiger partial charge on any atom is 0.194 e. The Hall–Kier alpha value is -1.82. The lowest BCUT2D eigenvalue weighted by Gasteiger charge is -2.38. The molecule has 0 atom stereocenters. The topological polar surface area (TPSA) is 51.1 Å². The van der Waals surface area contributed by atoms with Crippen molar-refractivity contribution in [3.05, 3.63) is 29.6 Å². The van der Waals surface area contributed by atoms with E-state index in [1.54, 1.807) is 6.07 Å². The summed E-state index contributed by atoms with van der Waals surface area (Å²) in [4.78, 5) is 9.21. The summed E-state index contributed by atoms with van der Waals surface area (Å²) in [5.41, 5.74) is 2.07. The number of likely N-dealkylation sites (tertiary alicyclic amines) is 1. The quantitative estimate of drug-likeness (QED) is 0.615. The van der Waals surface area contributed by atoms with Crippen molar-refractivity contribution in [1.82, 2.24) is 10.2 Å². The maximum absolute atomic E-state index is 14.7. The third kappa shape index (κ3) is 4.12. The number of nitrogens with one attached hydrogen (secondary N) is 1. The SMILES string of the molecule is CCNC(=NCc1ccc(N2CCC(O)CC2)c(F)c1)N1CCC2(CCC2)C1. The van der Waals surface area contributed by atoms with Crippen LogP contribution in [0.5, 0.6) is 0 Å². The van der Waals surface area contributed by atoms with Crippen molar-refractivity contribution in [2.45, 2.75) is 58.1 Å². The van der Waals surface area contributed by atoms with Gasteiger partial charge in [-0.25, -0.2) is 9.38 Å². The summed E-state index contributed by atoms with van der Waals surface area (Å²) < 4.78 is 14.7. The summed E-state index contributed by atoms with van der Waals surface area (Å²) >= 11 is 0. The smallest absolute Gasteiger partial charge is 0.194 e. The molecule has 2 N–H and O–H groups in total. The van der Waals surface area contributed by atoms with E-state index in [4.69, 9.17) is 4.99 Å². The second kappa shape index (κ2) is 8.27. The molecule has 28 heavy (non-hydrogen) atoms. The van der Waals surface area contributed by atoms with Gasteiger partial charge in [-0.1, -0.05) is 12.5 Å². The summed E-state index contributed by atoms with van der Waals surface area (Å²) in [7, 11) is 0. The van der Waals surface area contributed by atoms with E-state index < -0.39 is 0 Å². The van der Waals surface area contributed by atoms with Gasteiger partial charge in [0.05, 0.1) is 18.3 Å². The van der Waals surface area contributed by atoms with Crippen LogP contribution >= 0.6 is 0 Å². The first-order valence-electron chi connectivity index (χ1n) is 10.8. The van der Waals surface area contributed by atoms with Crippen LogP contribution in [0.2, 0.25) is 0 Å². The number of hydrogen-bond donors (Lipinski definition) is 2. The number of hydrogen-bond acceptors (Lipinski definition) is 3. The van der Waals surface area contributed by atoms with Crippen LogP contribution in [-0.2, 0) is 6.54 Å². The number of halogens is 1. The number of piperidine rings is 1. The Bertz CT molecular complexity index is 710. The third-order valence-corrected chi connectivity index (χ3v) is 6.72. The zero-order chi connectivity index (χ0) is 19.6. The first-order valence-corrected chi connectivity index (χ1v) is 10.8. The Morgan fingerprint density at radius 2 is 2.04 bits per heavy atom. The number of aliphatic hydroxyl groups excluding tert-OH is 1. The van der Waals surface area contributed by atoms with E-state index in [2.05, 4.69) is 17.1 Å². The van der Waals surface area contributed by atoms with Crippen molar-refractivity contribution in [3.8, 4) is 0 Å². The van der Waals surface area contributed by atoms with Gasteiger partial charge >= 0.3 is 0 Å². The van der Waals surface area contributed by atoms with Crippen LogP contribution in [0.3, 0.4) is 0 Å². The lowest BCUT2D eigenvalue weighted by molar-refractivity contribution is 0.145. The monoisotopic (exact) mass is 388 g/mol. The van der Waals surface area contributed by atoms with Crippen LogP contribution in [0, 0.1) is 11.2 Å². The Balaban J connectivity index is 1.41. The molecule has 2 aliphatic heterocycles. The average molecular weight is 389 g/mol. The molecule has 2 saturated heterocycles. The highest BCUT2D eigenvalue weighted by molar-refractivity contribution is 5.80. The minimum atomic E-state index is -0.248. The number of benzene rings is 1. The molecule has 1 aliphatic carbocycles. The Labute approximate surface area is 167 Å². The van der Waals surface area contributed by atoms with Crippen molar-refractivity contribution >= 4 is 11.6 Å². The van der Waals surface area contributed by atoms with Crippen LogP contribution in [0.15, 0.2) is 23.2 Å². The number of aliphatic hydroxyl groups is 1. The van der Waals surface area contributed by atoms with E-state index >= 15 is 0 Å². The molecule has 6 heteroatoms. The van der Waals surface area contributed by atoms with Gasteiger partial charge < -0.3 is 20.2 Å². The molecule has 0 bridgehead atoms. The fraction of sp³-hybridized carbons (Fsp3) is 0.682. The zero-order valence-corrected chi connectivity index (χ0v) is 17.0. The fourth-order valence-electron chi connectivity index (χ4n) is 4.80. The van der Waals surface area contributed by atoms with Crippen molar-refractivity contribution in [1.29, 1.82) is 0 Å². The molecule has 1 spiro atoms. The van der Waals surface area contributed by atoms with Gasteiger partial charge in [0.15, 0.2) is 5.96 Å². The van der Waals surface area contributed by atoms with E-state index in [0.29, 0.717) is 43.6 Å². The summed E-state index contributed by atoms with van der Waals surface area (Å²) in [6.45, 7) is 7.01. The van der Waals surface area contributed by atoms with Crippen molar-refractivity contribution in [2.75, 3.05) is 37.6 Å². The largest absolute Gasteiger partial charge is 0.393 e. The lowest BCUT2D eigenvalue weighted by atomic mass is 9.68. The van der Waals surface area contributed by atoms with Gasteiger partial charge in [-0.15, -0.1) is 0 Å². The molecule has 1 aromatic rings. The van der Waals surface area contributed by atoms with Gasteiger partial charge in [0.25, 0.3) is 0 Å². The molecular weight excluding hydrogens is 355 g/mol. The Morgan fingerprint density at radius 1 is 1.25 bits per heavy atom. The second-order valence-electron chi connectivity index (χ2n) is 8.70. The highest BCUT2D eigenvalue weighted by atomic mass is 19.1. The normalized spacial score (nSPS) is 22.6. The number of rotatable bonds is 4. The van der Waals surface area contributed by atoms with Gasteiger partial charge in [0, 0.05) is 32.7 Å². The third-order valence-electron chi connectivity index (χ3n) is 6.72. The fourth-order valence-corrected chi connectivity index (χ4v) is 4.80. The highest BCUT2D eigenvalue weighted by Gasteiger charge is 2.43. The lowest BCUT2D eigenvalue weighted by Crippen LogP contribution is -2.42. The molecule has 3 aliphatic rings. The predicted octanol–water partition coefficient (Wildman–Crippen LogP) is 3.13. The number of aliphatic imine (C=N–C) groups is 1. The molecule has 2 heterocycles. The van der Waals surface area contributed by atoms with E-state index in [1.807, 2.05) is 17.0 Å². The van der Waals surface area contributed by atoms with Crippen molar-refractivity contribution in [2.24, 2.45) is 10.4 Å². The molecule has 0 aromatic heterocycles. The van der Waals surface area contributed by atoms with Gasteiger partial charge in [0.2, 0.25) is 0 Å². The number of guanidine groups is 1. The predicted molar refractivity (Wildman–Crippen MR) is 111 cm³/mol. The van der Waals surface area contributed by atoms with E-state index in [0.717, 1.165) is 31.2 Å². The number of nitrogens with zero attached hydrogens (tertiary/aromatic N) is 3. The Morgan fingerprint density at radius 3 is 2.64 bits per heavy atom. The minimum Gasteiger partial charge on any atom is -0.393 e. The minimum absolute atomic E-state index is 0.191. The van der Waals surface area contributed by atoms with Crippen LogP contribution in [0.4, 0.5) is 10.1 Å². The first-order chi connectivity index (χ1) is 13.6. The van der Waals surface area contributed by atoms with Gasteiger partial charge in [-0.05, 0) is 62.1 Å². The molecule has 154 valence electrons. The van der Waals surface area contributed by atoms with Crippen molar-refractivity contribution < 1.29 is 9.50 Å². The average Bonchev–Trinajstić information content (AvgIpc) is 3.12. The first kappa shape index (κ1) is 19.5. The molecule has 5 nitrogen and oxygen atoms in total. The molecule has 0 amide bonds. The second-order valence-corrected chi connectivity index (χ2v) is 8.70. The van der Waals surface area contributed by atoms with Crippen molar-refractivity contribution in [3.63, 3.8) is 0 Å². The van der Waals surface area contributed by atoms with Crippen LogP contribution in [0.25, 0.3) is 0 Å².